The maximum absolute atomic E-state index is 12.6. The standard InChI is InChI=1S/C45H72NO9P/c1-3-5-7-8-9-10-11-12-13-14-15-16-17-21-24-27-31-35-44(47)51-39-41(40-53-56(49,50)52-38-37-46)54-45(48)36-32-28-25-22-19-18-20-23-26-30-34-43-42(55-43)33-29-6-4-2/h5,7,9-10,12-13,15-16,18,20-22,24-26,30,41-43H,3-4,6,8,11,14,17,19,23,27-29,31-40,46H2,1-2H3,(H,49,50)/b7-5-,10-9-,13-12-,16-15-,20-18-,24-21-,25-22-,30-26-/t41-,42?,43?/m1/s1. The third-order valence-corrected chi connectivity index (χ3v) is 9.36. The van der Waals surface area contributed by atoms with Gasteiger partial charge in [-0.3, -0.25) is 18.6 Å². The fraction of sp³-hybridized carbons (Fsp3) is 0.600. The minimum Gasteiger partial charge on any atom is -0.462 e. The van der Waals surface area contributed by atoms with Crippen LogP contribution in [0.1, 0.15) is 129 Å². The molecule has 1 heterocycles. The number of nitrogens with two attached hydrogens (primary N) is 1. The fourth-order valence-corrected chi connectivity index (χ4v) is 5.99. The number of carbonyl (C=O) groups is 2. The topological polar surface area (TPSA) is 147 Å². The van der Waals surface area contributed by atoms with Gasteiger partial charge in [0.15, 0.2) is 6.10 Å². The molecule has 3 unspecified atom stereocenters. The summed E-state index contributed by atoms with van der Waals surface area (Å²) >= 11 is 0. The Morgan fingerprint density at radius 2 is 1.18 bits per heavy atom. The molecule has 0 aromatic heterocycles. The smallest absolute Gasteiger partial charge is 0.462 e. The van der Waals surface area contributed by atoms with Gasteiger partial charge in [0.2, 0.25) is 0 Å². The minimum absolute atomic E-state index is 0.0296. The van der Waals surface area contributed by atoms with Crippen LogP contribution in [0.3, 0.4) is 0 Å². The van der Waals surface area contributed by atoms with Gasteiger partial charge >= 0.3 is 19.8 Å². The van der Waals surface area contributed by atoms with E-state index in [4.69, 9.17) is 29.0 Å². The first-order chi connectivity index (χ1) is 27.3. The highest BCUT2D eigenvalue weighted by Crippen LogP contribution is 2.43. The van der Waals surface area contributed by atoms with Crippen molar-refractivity contribution in [3.8, 4) is 0 Å². The molecule has 1 fully saturated rings. The van der Waals surface area contributed by atoms with E-state index in [1.807, 2.05) is 12.2 Å². The Balaban J connectivity index is 2.29. The van der Waals surface area contributed by atoms with E-state index in [-0.39, 0.29) is 32.6 Å². The van der Waals surface area contributed by atoms with E-state index < -0.39 is 32.5 Å². The number of carbonyl (C=O) groups excluding carboxylic acids is 2. The van der Waals surface area contributed by atoms with Gasteiger partial charge in [-0.15, -0.1) is 0 Å². The van der Waals surface area contributed by atoms with E-state index in [9.17, 15) is 19.0 Å². The lowest BCUT2D eigenvalue weighted by molar-refractivity contribution is -0.161. The quantitative estimate of drug-likeness (QED) is 0.0206. The summed E-state index contributed by atoms with van der Waals surface area (Å²) in [5, 5.41) is 0. The molecule has 10 nitrogen and oxygen atoms in total. The third-order valence-electron chi connectivity index (χ3n) is 8.38. The Morgan fingerprint density at radius 3 is 1.71 bits per heavy atom. The number of allylic oxidation sites excluding steroid dienone is 15. The van der Waals surface area contributed by atoms with Gasteiger partial charge in [0.25, 0.3) is 0 Å². The van der Waals surface area contributed by atoms with Crippen LogP contribution < -0.4 is 5.73 Å². The average Bonchev–Trinajstić information content (AvgIpc) is 3.94. The molecule has 0 aromatic rings. The SMILES string of the molecule is CC/C=C\C/C=C\C/C=C\C/C=C\C/C=C\CCCC(=O)OC[C@H](COP(=O)(O)OCCN)OC(=O)CCC/C=C\C/C=C\C/C=C\CC1OC1CCCCC. The molecule has 0 aromatic carbocycles. The van der Waals surface area contributed by atoms with Crippen LogP contribution in [0.15, 0.2) is 97.2 Å². The van der Waals surface area contributed by atoms with Crippen molar-refractivity contribution in [2.24, 2.45) is 5.73 Å². The first-order valence-electron chi connectivity index (χ1n) is 20.8. The van der Waals surface area contributed by atoms with Crippen molar-refractivity contribution in [1.29, 1.82) is 0 Å². The maximum Gasteiger partial charge on any atom is 0.472 e. The van der Waals surface area contributed by atoms with Crippen LogP contribution in [0.4, 0.5) is 0 Å². The summed E-state index contributed by atoms with van der Waals surface area (Å²) in [5.74, 6) is -0.980. The van der Waals surface area contributed by atoms with Gasteiger partial charge in [-0.2, -0.15) is 0 Å². The molecule has 4 atom stereocenters. The average molecular weight is 802 g/mol. The normalized spacial score (nSPS) is 17.9. The van der Waals surface area contributed by atoms with Gasteiger partial charge in [-0.05, 0) is 83.5 Å². The molecule has 0 aliphatic carbocycles. The highest BCUT2D eigenvalue weighted by atomic mass is 31.2. The maximum atomic E-state index is 12.6. The highest BCUT2D eigenvalue weighted by molar-refractivity contribution is 7.47. The second-order valence-corrected chi connectivity index (χ2v) is 15.0. The van der Waals surface area contributed by atoms with E-state index in [1.54, 1.807) is 0 Å². The van der Waals surface area contributed by atoms with Gasteiger partial charge in [0.1, 0.15) is 6.61 Å². The lowest BCUT2D eigenvalue weighted by Gasteiger charge is -2.19. The molecule has 1 aliphatic heterocycles. The summed E-state index contributed by atoms with van der Waals surface area (Å²) in [6.07, 6.45) is 49.1. The van der Waals surface area contributed by atoms with Crippen LogP contribution >= 0.6 is 7.82 Å². The molecule has 1 aliphatic rings. The van der Waals surface area contributed by atoms with E-state index in [0.717, 1.165) is 51.4 Å². The molecule has 1 saturated heterocycles. The summed E-state index contributed by atoms with van der Waals surface area (Å²) in [6.45, 7) is 3.42. The second-order valence-electron chi connectivity index (χ2n) is 13.5. The Morgan fingerprint density at radius 1 is 0.661 bits per heavy atom. The Kier molecular flexibility index (Phi) is 33.0. The van der Waals surface area contributed by atoms with Crippen LogP contribution in [0.2, 0.25) is 0 Å². The number of esters is 2. The lowest BCUT2D eigenvalue weighted by Crippen LogP contribution is -2.29. The molecule has 0 spiro atoms. The summed E-state index contributed by atoms with van der Waals surface area (Å²) in [4.78, 5) is 34.8. The summed E-state index contributed by atoms with van der Waals surface area (Å²) in [6, 6.07) is 0. The number of unbranched alkanes of at least 4 members (excludes halogenated alkanes) is 4. The van der Waals surface area contributed by atoms with Crippen LogP contribution in [-0.4, -0.2) is 61.5 Å². The molecular formula is C45H72NO9P. The highest BCUT2D eigenvalue weighted by Gasteiger charge is 2.36. The summed E-state index contributed by atoms with van der Waals surface area (Å²) in [7, 11) is -4.41. The Labute approximate surface area is 338 Å². The zero-order chi connectivity index (χ0) is 40.8. The summed E-state index contributed by atoms with van der Waals surface area (Å²) in [5.41, 5.74) is 5.33. The van der Waals surface area contributed by atoms with Gasteiger partial charge in [-0.1, -0.05) is 130 Å². The molecule has 1 rings (SSSR count). The Bertz CT molecular complexity index is 1300. The van der Waals surface area contributed by atoms with Crippen LogP contribution in [0.5, 0.6) is 0 Å². The zero-order valence-corrected chi connectivity index (χ0v) is 35.2. The van der Waals surface area contributed by atoms with Crippen molar-refractivity contribution in [3.05, 3.63) is 97.2 Å². The van der Waals surface area contributed by atoms with Crippen molar-refractivity contribution in [2.45, 2.75) is 148 Å². The molecular weight excluding hydrogens is 729 g/mol. The molecule has 0 saturated carbocycles. The van der Waals surface area contributed by atoms with Crippen molar-refractivity contribution >= 4 is 19.8 Å². The lowest BCUT2D eigenvalue weighted by atomic mass is 10.1. The van der Waals surface area contributed by atoms with Crippen molar-refractivity contribution < 1.29 is 42.3 Å². The number of rotatable bonds is 36. The van der Waals surface area contributed by atoms with E-state index in [2.05, 4.69) is 98.9 Å². The Hall–Kier alpha value is -3.11. The first-order valence-corrected chi connectivity index (χ1v) is 22.3. The molecule has 3 N–H and O–H groups in total. The molecule has 11 heteroatoms. The van der Waals surface area contributed by atoms with Crippen LogP contribution in [0, 0.1) is 0 Å². The molecule has 0 amide bonds. The largest absolute Gasteiger partial charge is 0.472 e. The van der Waals surface area contributed by atoms with Gasteiger partial charge in [-0.25, -0.2) is 4.57 Å². The molecule has 0 radical (unpaired) electrons. The number of hydrogen-bond donors (Lipinski definition) is 2. The fourth-order valence-electron chi connectivity index (χ4n) is 5.22. The number of phosphoric ester groups is 1. The van der Waals surface area contributed by atoms with Crippen LogP contribution in [0.25, 0.3) is 0 Å². The van der Waals surface area contributed by atoms with E-state index in [0.29, 0.717) is 37.9 Å². The first kappa shape index (κ1) is 50.9. The van der Waals surface area contributed by atoms with Gasteiger partial charge in [0.05, 0.1) is 25.4 Å². The minimum atomic E-state index is -4.41. The number of phosphoric acid groups is 1. The predicted molar refractivity (Wildman–Crippen MR) is 228 cm³/mol. The summed E-state index contributed by atoms with van der Waals surface area (Å²) < 4.78 is 38.3. The molecule has 0 bridgehead atoms. The number of ether oxygens (including phenoxy) is 3. The van der Waals surface area contributed by atoms with Gasteiger partial charge < -0.3 is 24.8 Å². The van der Waals surface area contributed by atoms with E-state index >= 15 is 0 Å². The van der Waals surface area contributed by atoms with Crippen molar-refractivity contribution in [2.75, 3.05) is 26.4 Å². The molecule has 56 heavy (non-hydrogen) atoms. The van der Waals surface area contributed by atoms with E-state index in [1.165, 1.54) is 25.7 Å². The van der Waals surface area contributed by atoms with Crippen LogP contribution in [-0.2, 0) is 37.4 Å². The van der Waals surface area contributed by atoms with Crippen molar-refractivity contribution in [1.82, 2.24) is 0 Å². The van der Waals surface area contributed by atoms with Gasteiger partial charge in [0, 0.05) is 19.4 Å². The second kappa shape index (κ2) is 36.2. The third kappa shape index (κ3) is 33.1. The number of epoxide rings is 1. The predicted octanol–water partition coefficient (Wildman–Crippen LogP) is 10.8. The number of hydrogen-bond acceptors (Lipinski definition) is 9. The zero-order valence-electron chi connectivity index (χ0n) is 34.3. The molecule has 316 valence electrons. The van der Waals surface area contributed by atoms with Crippen molar-refractivity contribution in [3.63, 3.8) is 0 Å². The monoisotopic (exact) mass is 801 g/mol.